The molecule has 0 radical (unpaired) electrons. The number of aromatic hydroxyl groups is 2. The van der Waals surface area contributed by atoms with Crippen LogP contribution in [0.1, 0.15) is 11.1 Å². The van der Waals surface area contributed by atoms with Crippen LogP contribution in [0.2, 0.25) is 0 Å². The number of ether oxygens (including phenoxy) is 1. The van der Waals surface area contributed by atoms with Gasteiger partial charge in [0, 0.05) is 15.6 Å². The van der Waals surface area contributed by atoms with Gasteiger partial charge in [0.2, 0.25) is 5.75 Å². The van der Waals surface area contributed by atoms with E-state index in [2.05, 4.69) is 15.9 Å². The molecule has 0 saturated carbocycles. The molecule has 0 aliphatic carbocycles. The zero-order valence-electron chi connectivity index (χ0n) is 7.68. The van der Waals surface area contributed by atoms with Crippen LogP contribution in [0.15, 0.2) is 4.47 Å². The Morgan fingerprint density at radius 2 is 1.62 bits per heavy atom. The van der Waals surface area contributed by atoms with Gasteiger partial charge in [-0.25, -0.2) is 0 Å². The summed E-state index contributed by atoms with van der Waals surface area (Å²) >= 11 is 3.30. The second kappa shape index (κ2) is 3.46. The van der Waals surface area contributed by atoms with Crippen molar-refractivity contribution >= 4 is 15.9 Å². The first-order chi connectivity index (χ1) is 6.00. The van der Waals surface area contributed by atoms with E-state index in [4.69, 9.17) is 4.74 Å². The largest absolute Gasteiger partial charge is 0.504 e. The van der Waals surface area contributed by atoms with Crippen LogP contribution >= 0.6 is 15.9 Å². The highest BCUT2D eigenvalue weighted by atomic mass is 79.9. The number of phenolic OH excluding ortho intramolecular Hbond substituents is 2. The Morgan fingerprint density at radius 3 is 2.08 bits per heavy atom. The summed E-state index contributed by atoms with van der Waals surface area (Å²) in [6, 6.07) is 0. The maximum atomic E-state index is 9.49. The van der Waals surface area contributed by atoms with Gasteiger partial charge in [-0.3, -0.25) is 0 Å². The van der Waals surface area contributed by atoms with Crippen molar-refractivity contribution in [2.24, 2.45) is 0 Å². The van der Waals surface area contributed by atoms with Gasteiger partial charge in [0.1, 0.15) is 0 Å². The van der Waals surface area contributed by atoms with Crippen LogP contribution in [-0.2, 0) is 0 Å². The molecule has 0 bridgehead atoms. The minimum Gasteiger partial charge on any atom is -0.504 e. The lowest BCUT2D eigenvalue weighted by molar-refractivity contribution is 0.347. The van der Waals surface area contributed by atoms with Crippen LogP contribution in [0.25, 0.3) is 0 Å². The van der Waals surface area contributed by atoms with Gasteiger partial charge in [0.15, 0.2) is 11.5 Å². The highest BCUT2D eigenvalue weighted by Crippen LogP contribution is 2.44. The smallest absolute Gasteiger partial charge is 0.201 e. The van der Waals surface area contributed by atoms with Crippen LogP contribution < -0.4 is 4.74 Å². The molecular weight excluding hydrogens is 236 g/mol. The minimum absolute atomic E-state index is 0.144. The van der Waals surface area contributed by atoms with E-state index in [1.54, 1.807) is 13.8 Å². The van der Waals surface area contributed by atoms with Gasteiger partial charge in [0.25, 0.3) is 0 Å². The molecule has 0 heterocycles. The Kier molecular flexibility index (Phi) is 2.71. The molecule has 1 aromatic rings. The lowest BCUT2D eigenvalue weighted by Gasteiger charge is -2.13. The molecule has 0 spiro atoms. The van der Waals surface area contributed by atoms with Crippen molar-refractivity contribution in [3.63, 3.8) is 0 Å². The molecule has 4 heteroatoms. The van der Waals surface area contributed by atoms with Crippen LogP contribution in [0, 0.1) is 13.8 Å². The van der Waals surface area contributed by atoms with Crippen molar-refractivity contribution in [1.82, 2.24) is 0 Å². The number of halogens is 1. The summed E-state index contributed by atoms with van der Waals surface area (Å²) in [7, 11) is 1.45. The molecule has 72 valence electrons. The van der Waals surface area contributed by atoms with Crippen LogP contribution in [0.5, 0.6) is 17.2 Å². The molecule has 0 atom stereocenters. The van der Waals surface area contributed by atoms with Gasteiger partial charge in [-0.1, -0.05) is 0 Å². The number of rotatable bonds is 1. The van der Waals surface area contributed by atoms with E-state index in [1.807, 2.05) is 0 Å². The van der Waals surface area contributed by atoms with Crippen molar-refractivity contribution in [3.8, 4) is 17.2 Å². The maximum absolute atomic E-state index is 9.49. The number of hydrogen-bond donors (Lipinski definition) is 2. The van der Waals surface area contributed by atoms with Crippen molar-refractivity contribution in [3.05, 3.63) is 15.6 Å². The van der Waals surface area contributed by atoms with Crippen LogP contribution in [-0.4, -0.2) is 17.3 Å². The van der Waals surface area contributed by atoms with Crippen molar-refractivity contribution in [1.29, 1.82) is 0 Å². The van der Waals surface area contributed by atoms with Crippen molar-refractivity contribution in [2.75, 3.05) is 7.11 Å². The molecule has 2 N–H and O–H groups in total. The Bertz CT molecular complexity index is 318. The SMILES string of the molecule is COc1c(C)c(Br)c(C)c(O)c1O. The third-order valence-electron chi connectivity index (χ3n) is 2.00. The number of methoxy groups -OCH3 is 1. The third kappa shape index (κ3) is 1.46. The summed E-state index contributed by atoms with van der Waals surface area (Å²) < 4.78 is 5.70. The fraction of sp³-hybridized carbons (Fsp3) is 0.333. The average Bonchev–Trinajstić information content (AvgIpc) is 2.13. The molecule has 0 fully saturated rings. The normalized spacial score (nSPS) is 10.2. The zero-order valence-corrected chi connectivity index (χ0v) is 9.27. The first kappa shape index (κ1) is 10.2. The molecule has 0 aliphatic rings. The summed E-state index contributed by atoms with van der Waals surface area (Å²) in [6.07, 6.45) is 0. The number of benzene rings is 1. The van der Waals surface area contributed by atoms with E-state index in [0.29, 0.717) is 11.3 Å². The van der Waals surface area contributed by atoms with E-state index in [0.717, 1.165) is 10.0 Å². The summed E-state index contributed by atoms with van der Waals surface area (Å²) in [6.45, 7) is 3.51. The predicted octanol–water partition coefficient (Wildman–Crippen LogP) is 2.49. The first-order valence-corrected chi connectivity index (χ1v) is 4.54. The molecule has 0 aliphatic heterocycles. The molecule has 0 saturated heterocycles. The molecule has 0 amide bonds. The van der Waals surface area contributed by atoms with Gasteiger partial charge in [-0.15, -0.1) is 0 Å². The molecular formula is C9H11BrO3. The quantitative estimate of drug-likeness (QED) is 0.749. The molecule has 1 rings (SSSR count). The maximum Gasteiger partial charge on any atom is 0.201 e. The van der Waals surface area contributed by atoms with E-state index in [-0.39, 0.29) is 11.5 Å². The van der Waals surface area contributed by atoms with Crippen molar-refractivity contribution < 1.29 is 14.9 Å². The van der Waals surface area contributed by atoms with E-state index in [9.17, 15) is 10.2 Å². The Balaban J connectivity index is 3.56. The Morgan fingerprint density at radius 1 is 1.08 bits per heavy atom. The summed E-state index contributed by atoms with van der Waals surface area (Å²) in [5.41, 5.74) is 1.38. The van der Waals surface area contributed by atoms with Crippen molar-refractivity contribution in [2.45, 2.75) is 13.8 Å². The monoisotopic (exact) mass is 246 g/mol. The third-order valence-corrected chi connectivity index (χ3v) is 3.19. The Hall–Kier alpha value is -0.900. The van der Waals surface area contributed by atoms with E-state index in [1.165, 1.54) is 7.11 Å². The van der Waals surface area contributed by atoms with E-state index >= 15 is 0 Å². The number of phenols is 2. The molecule has 13 heavy (non-hydrogen) atoms. The summed E-state index contributed by atoms with van der Waals surface area (Å²) in [5, 5.41) is 19.0. The summed E-state index contributed by atoms with van der Waals surface area (Å²) in [4.78, 5) is 0. The van der Waals surface area contributed by atoms with Crippen LogP contribution in [0.4, 0.5) is 0 Å². The first-order valence-electron chi connectivity index (χ1n) is 3.75. The predicted molar refractivity (Wildman–Crippen MR) is 53.5 cm³/mol. The highest BCUT2D eigenvalue weighted by molar-refractivity contribution is 9.10. The summed E-state index contributed by atoms with van der Waals surface area (Å²) in [5.74, 6) is -0.0509. The molecule has 1 aromatic carbocycles. The fourth-order valence-electron chi connectivity index (χ4n) is 1.20. The Labute approximate surface area is 85.1 Å². The lowest BCUT2D eigenvalue weighted by Crippen LogP contribution is -1.92. The van der Waals surface area contributed by atoms with Gasteiger partial charge in [-0.2, -0.15) is 0 Å². The van der Waals surface area contributed by atoms with E-state index < -0.39 is 0 Å². The fourth-order valence-corrected chi connectivity index (χ4v) is 1.57. The topological polar surface area (TPSA) is 49.7 Å². The standard InChI is InChI=1S/C9H11BrO3/c1-4-6(10)5(2)9(13-3)8(12)7(4)11/h11-12H,1-3H3. The number of hydrogen-bond acceptors (Lipinski definition) is 3. The highest BCUT2D eigenvalue weighted by Gasteiger charge is 2.17. The molecule has 0 aromatic heterocycles. The molecule has 3 nitrogen and oxygen atoms in total. The van der Waals surface area contributed by atoms with Gasteiger partial charge < -0.3 is 14.9 Å². The second-order valence-corrected chi connectivity index (χ2v) is 3.59. The zero-order chi connectivity index (χ0) is 10.2. The minimum atomic E-state index is -0.208. The molecule has 0 unspecified atom stereocenters. The van der Waals surface area contributed by atoms with Gasteiger partial charge in [-0.05, 0) is 29.8 Å². The second-order valence-electron chi connectivity index (χ2n) is 2.79. The van der Waals surface area contributed by atoms with Gasteiger partial charge >= 0.3 is 0 Å². The van der Waals surface area contributed by atoms with Gasteiger partial charge in [0.05, 0.1) is 7.11 Å². The van der Waals surface area contributed by atoms with Crippen LogP contribution in [0.3, 0.4) is 0 Å². The lowest BCUT2D eigenvalue weighted by atomic mass is 10.1. The average molecular weight is 247 g/mol.